The fourth-order valence-electron chi connectivity index (χ4n) is 4.60. The number of nitriles is 1. The highest BCUT2D eigenvalue weighted by Crippen LogP contribution is 2.52. The van der Waals surface area contributed by atoms with E-state index in [2.05, 4.69) is 75.9 Å². The van der Waals surface area contributed by atoms with E-state index >= 15 is 0 Å². The summed E-state index contributed by atoms with van der Waals surface area (Å²) in [6.07, 6.45) is 3.27. The molecule has 0 aromatic carbocycles. The molecule has 1 aliphatic rings. The van der Waals surface area contributed by atoms with E-state index in [1.807, 2.05) is 56.4 Å². The van der Waals surface area contributed by atoms with Gasteiger partial charge >= 0.3 is 25.7 Å². The average Bonchev–Trinajstić information content (AvgIpc) is 3.82. The van der Waals surface area contributed by atoms with Crippen LogP contribution in [-0.4, -0.2) is 248 Å². The second-order valence-electron chi connectivity index (χ2n) is 18.6. The molecule has 0 aromatic heterocycles. The standard InChI is InChI=1S/C14H28NO7P.2C9H17NO2.C6H15N.C5H13NO.C5H11O5P.C4H5ClO.C2H3N/c1-13(2)14(16)20-9-6-7-15(3,4)8-10-21-23(17,18)22-12-11-19-5;2*1-8(2)9(11)12-7-5-6-10(3)4;1-4-7(5-2)6-3;1-6(2)4-3-5-7;1-7-2-3-8-11(6)9-4-5-10-11;1-3(2)4(5)6;1-2-3/h1,6-12H2,2-5H3;2*1,5-7H2,2-4H3;4-6H2,1-3H3;7H,3-5H2,1-2H3;2-5H2,1H3;1H2,2H3;1H3. The minimum Gasteiger partial charge on any atom is -0.756 e. The minimum atomic E-state index is -4.28. The lowest BCUT2D eigenvalue weighted by atomic mass is 10.3. The molecule has 1 saturated heterocycles. The number of aliphatic hydroxyl groups is 1. The summed E-state index contributed by atoms with van der Waals surface area (Å²) in [6, 6.07) is 1.75. The molecular formula is C54H109ClN6O18P2. The van der Waals surface area contributed by atoms with Crippen LogP contribution in [0.2, 0.25) is 0 Å². The first-order valence-corrected chi connectivity index (χ1v) is 29.8. The molecule has 0 aromatic rings. The number of allylic oxidation sites excluding steroid dienone is 1. The molecular weight excluding hydrogens is 1120 g/mol. The Kier molecular flexibility index (Phi) is 69.2. The van der Waals surface area contributed by atoms with Crippen molar-refractivity contribution in [2.75, 3.05) is 196 Å². The molecule has 24 nitrogen and oxygen atoms in total. The van der Waals surface area contributed by atoms with E-state index < -0.39 is 26.9 Å². The van der Waals surface area contributed by atoms with Crippen molar-refractivity contribution in [1.29, 1.82) is 5.26 Å². The number of likely N-dealkylation sites (N-methyl/N-ethyl adjacent to an activating group) is 1. The number of nitrogens with zero attached hydrogens (tertiary/aromatic N) is 6. The first kappa shape index (κ1) is 91.5. The van der Waals surface area contributed by atoms with Gasteiger partial charge in [-0.15, -0.1) is 0 Å². The van der Waals surface area contributed by atoms with Gasteiger partial charge in [0.2, 0.25) is 5.24 Å². The number of carbonyl (C=O) groups excluding carboxylic acids is 4. The maximum Gasteiger partial charge on any atom is 0.475 e. The molecule has 81 heavy (non-hydrogen) atoms. The number of ether oxygens (including phenoxy) is 5. The summed E-state index contributed by atoms with van der Waals surface area (Å²) in [5, 5.41) is 15.1. The third-order valence-corrected chi connectivity index (χ3v) is 12.0. The number of methoxy groups -OCH3 is 2. The zero-order valence-corrected chi connectivity index (χ0v) is 55.5. The van der Waals surface area contributed by atoms with Gasteiger partial charge in [0, 0.05) is 69.6 Å². The number of phosphoric ester groups is 2. The van der Waals surface area contributed by atoms with Crippen LogP contribution >= 0.6 is 27.2 Å². The van der Waals surface area contributed by atoms with Crippen LogP contribution < -0.4 is 4.89 Å². The molecule has 0 spiro atoms. The highest BCUT2D eigenvalue weighted by atomic mass is 35.5. The van der Waals surface area contributed by atoms with E-state index in [1.54, 1.807) is 33.8 Å². The van der Waals surface area contributed by atoms with Gasteiger partial charge in [-0.3, -0.25) is 22.9 Å². The van der Waals surface area contributed by atoms with Crippen molar-refractivity contribution in [1.82, 2.24) is 19.6 Å². The van der Waals surface area contributed by atoms with Crippen LogP contribution in [0.25, 0.3) is 0 Å². The van der Waals surface area contributed by atoms with Gasteiger partial charge in [-0.05, 0) is 127 Å². The SMILES string of the molecule is C=C(C)C(=O)Cl.C=C(C)C(=O)OCCCN(C)C.C=C(C)C(=O)OCCCN(C)C.C=C(C)C(=O)OCCC[N+](C)(C)CCOP(=O)([O-])OCCOC.CC#N.CCN(CC)CC.CN(C)CCCO.COCCOP1(=O)OCCO1. The molecule has 480 valence electrons. The van der Waals surface area contributed by atoms with Gasteiger partial charge in [-0.1, -0.05) is 47.1 Å². The molecule has 27 heteroatoms. The maximum atomic E-state index is 11.4. The van der Waals surface area contributed by atoms with Gasteiger partial charge in [0.25, 0.3) is 7.82 Å². The van der Waals surface area contributed by atoms with Crippen LogP contribution in [0.1, 0.15) is 81.1 Å². The molecule has 1 atom stereocenters. The molecule has 1 aliphatic heterocycles. The second-order valence-corrected chi connectivity index (χ2v) is 22.0. The summed E-state index contributed by atoms with van der Waals surface area (Å²) in [4.78, 5) is 62.7. The van der Waals surface area contributed by atoms with E-state index in [9.17, 15) is 33.2 Å². The zero-order chi connectivity index (χ0) is 64.5. The fraction of sp³-hybridized carbons (Fsp3) is 0.759. The molecule has 0 amide bonds. The van der Waals surface area contributed by atoms with E-state index in [0.29, 0.717) is 92.5 Å². The van der Waals surface area contributed by atoms with Crippen molar-refractivity contribution in [2.45, 2.75) is 81.1 Å². The Balaban J connectivity index is -0.000000164. The van der Waals surface area contributed by atoms with E-state index in [-0.39, 0.29) is 38.4 Å². The Morgan fingerprint density at radius 3 is 1.26 bits per heavy atom. The topological polar surface area (TPSA) is 275 Å². The van der Waals surface area contributed by atoms with Crippen molar-refractivity contribution >= 4 is 50.4 Å². The van der Waals surface area contributed by atoms with Crippen molar-refractivity contribution in [3.63, 3.8) is 0 Å². The molecule has 1 N–H and O–H groups in total. The summed E-state index contributed by atoms with van der Waals surface area (Å²) in [6.45, 7) is 38.8. The van der Waals surface area contributed by atoms with Gasteiger partial charge in [0.15, 0.2) is 0 Å². The summed E-state index contributed by atoms with van der Waals surface area (Å²) >= 11 is 4.87. The number of aliphatic hydroxyl groups excluding tert-OH is 1. The van der Waals surface area contributed by atoms with Crippen LogP contribution in [0, 0.1) is 11.3 Å². The lowest BCUT2D eigenvalue weighted by Gasteiger charge is -2.31. The van der Waals surface area contributed by atoms with Crippen LogP contribution in [0.3, 0.4) is 0 Å². The van der Waals surface area contributed by atoms with Crippen LogP contribution in [0.15, 0.2) is 48.6 Å². The first-order valence-electron chi connectivity index (χ1n) is 26.5. The fourth-order valence-corrected chi connectivity index (χ4v) is 6.40. The van der Waals surface area contributed by atoms with E-state index in [0.717, 1.165) is 38.9 Å². The predicted octanol–water partition coefficient (Wildman–Crippen LogP) is 6.78. The van der Waals surface area contributed by atoms with Gasteiger partial charge in [-0.25, -0.2) is 18.9 Å². The Morgan fingerprint density at radius 1 is 0.642 bits per heavy atom. The summed E-state index contributed by atoms with van der Waals surface area (Å²) in [5.74, 6) is -0.998. The Morgan fingerprint density at radius 2 is 0.975 bits per heavy atom. The van der Waals surface area contributed by atoms with Crippen LogP contribution in [0.4, 0.5) is 0 Å². The number of halogens is 1. The van der Waals surface area contributed by atoms with Crippen molar-refractivity contribution in [2.24, 2.45) is 0 Å². The zero-order valence-electron chi connectivity index (χ0n) is 52.9. The summed E-state index contributed by atoms with van der Waals surface area (Å²) < 4.78 is 71.0. The number of rotatable bonds is 34. The number of hydrogen-bond donors (Lipinski definition) is 1. The number of phosphoric acid groups is 2. The average molecular weight is 1230 g/mol. The van der Waals surface area contributed by atoms with Crippen LogP contribution in [-0.2, 0) is 74.6 Å². The lowest BCUT2D eigenvalue weighted by Crippen LogP contribution is -2.43. The minimum absolute atomic E-state index is 0.0202. The normalized spacial score (nSPS) is 12.5. The molecule has 0 bridgehead atoms. The Hall–Kier alpha value is -3.28. The second kappa shape index (κ2) is 61.3. The maximum absolute atomic E-state index is 11.4. The van der Waals surface area contributed by atoms with Gasteiger partial charge in [0.05, 0.1) is 86.2 Å². The number of esters is 3. The monoisotopic (exact) mass is 1230 g/mol. The molecule has 1 heterocycles. The number of carbonyl (C=O) groups is 4. The lowest BCUT2D eigenvalue weighted by molar-refractivity contribution is -0.890. The molecule has 0 radical (unpaired) electrons. The third-order valence-electron chi connectivity index (χ3n) is 9.19. The highest BCUT2D eigenvalue weighted by Gasteiger charge is 2.31. The van der Waals surface area contributed by atoms with Gasteiger partial charge < -0.3 is 66.8 Å². The van der Waals surface area contributed by atoms with Crippen molar-refractivity contribution in [3.05, 3.63) is 48.6 Å². The molecule has 1 fully saturated rings. The molecule has 1 rings (SSSR count). The molecule has 1 unspecified atom stereocenters. The number of quaternary nitrogens is 1. The smallest absolute Gasteiger partial charge is 0.475 e. The van der Waals surface area contributed by atoms with Crippen molar-refractivity contribution in [3.8, 4) is 6.07 Å². The third kappa shape index (κ3) is 78.8. The van der Waals surface area contributed by atoms with E-state index in [1.165, 1.54) is 40.8 Å². The first-order chi connectivity index (χ1) is 37.6. The largest absolute Gasteiger partial charge is 0.756 e. The molecule has 0 aliphatic carbocycles. The Bertz CT molecular complexity index is 1720. The predicted molar refractivity (Wildman–Crippen MR) is 320 cm³/mol. The summed E-state index contributed by atoms with van der Waals surface area (Å²) in [7, 11) is 11.3. The summed E-state index contributed by atoms with van der Waals surface area (Å²) in [5.41, 5.74) is 1.67. The van der Waals surface area contributed by atoms with Crippen molar-refractivity contribution < 1.29 is 89.1 Å². The van der Waals surface area contributed by atoms with Crippen LogP contribution in [0.5, 0.6) is 0 Å². The van der Waals surface area contributed by atoms with Gasteiger partial charge in [0.1, 0.15) is 13.2 Å². The Labute approximate surface area is 494 Å². The quantitative estimate of drug-likeness (QED) is 0.0132. The molecule has 0 saturated carbocycles. The highest BCUT2D eigenvalue weighted by molar-refractivity contribution is 7.48. The number of hydrogen-bond acceptors (Lipinski definition) is 23. The van der Waals surface area contributed by atoms with E-state index in [4.69, 9.17) is 59.0 Å². The van der Waals surface area contributed by atoms with Gasteiger partial charge in [-0.2, -0.15) is 5.26 Å².